The van der Waals surface area contributed by atoms with Crippen LogP contribution in [-0.4, -0.2) is 18.1 Å². The number of halogens is 3. The lowest BCUT2D eigenvalue weighted by Crippen LogP contribution is -2.13. The summed E-state index contributed by atoms with van der Waals surface area (Å²) in [6.07, 6.45) is -4.64. The van der Waals surface area contributed by atoms with E-state index >= 15 is 0 Å². The second-order valence-corrected chi connectivity index (χ2v) is 4.88. The number of carbonyl (C=O) groups excluding carboxylic acids is 1. The highest BCUT2D eigenvalue weighted by atomic mass is 19.4. The van der Waals surface area contributed by atoms with Crippen LogP contribution in [0.1, 0.15) is 27.3 Å². The number of alkyl halides is 3. The quantitative estimate of drug-likeness (QED) is 0.782. The summed E-state index contributed by atoms with van der Waals surface area (Å²) in [5, 5.41) is 0. The molecule has 0 aliphatic heterocycles. The third-order valence-corrected chi connectivity index (χ3v) is 3.28. The van der Waals surface area contributed by atoms with Gasteiger partial charge >= 0.3 is 12.1 Å². The van der Waals surface area contributed by atoms with Crippen LogP contribution in [0.15, 0.2) is 30.3 Å². The number of methoxy groups -OCH3 is 1. The molecule has 0 saturated heterocycles. The fourth-order valence-corrected chi connectivity index (χ4v) is 2.30. The first-order valence-electron chi connectivity index (χ1n) is 6.48. The van der Waals surface area contributed by atoms with E-state index < -0.39 is 17.8 Å². The van der Waals surface area contributed by atoms with Crippen molar-refractivity contribution in [3.05, 3.63) is 52.8 Å². The lowest BCUT2D eigenvalue weighted by molar-refractivity contribution is -0.141. The van der Waals surface area contributed by atoms with Crippen LogP contribution in [0.5, 0.6) is 0 Å². The van der Waals surface area contributed by atoms with Crippen LogP contribution in [0, 0.1) is 13.8 Å². The van der Waals surface area contributed by atoms with E-state index in [4.69, 9.17) is 0 Å². The molecule has 0 N–H and O–H groups in total. The normalized spacial score (nSPS) is 11.4. The average Bonchev–Trinajstić information content (AvgIpc) is 2.45. The van der Waals surface area contributed by atoms with Crippen LogP contribution in [-0.2, 0) is 10.9 Å². The van der Waals surface area contributed by atoms with Crippen molar-refractivity contribution in [2.45, 2.75) is 20.0 Å². The summed E-state index contributed by atoms with van der Waals surface area (Å²) >= 11 is 0. The van der Waals surface area contributed by atoms with Crippen molar-refractivity contribution < 1.29 is 22.7 Å². The van der Waals surface area contributed by atoms with Gasteiger partial charge in [0.15, 0.2) is 0 Å². The molecule has 3 nitrogen and oxygen atoms in total. The zero-order chi connectivity index (χ0) is 16.5. The van der Waals surface area contributed by atoms with Gasteiger partial charge in [0, 0.05) is 0 Å². The molecule has 1 aromatic carbocycles. The number of aryl methyl sites for hydroxylation is 2. The second-order valence-electron chi connectivity index (χ2n) is 4.88. The van der Waals surface area contributed by atoms with Crippen LogP contribution in [0.2, 0.25) is 0 Å². The van der Waals surface area contributed by atoms with Crippen molar-refractivity contribution in [2.24, 2.45) is 0 Å². The summed E-state index contributed by atoms with van der Waals surface area (Å²) in [5.41, 5.74) is 1.09. The third kappa shape index (κ3) is 3.10. The maximum Gasteiger partial charge on any atom is 0.433 e. The number of benzene rings is 1. The molecule has 0 aliphatic carbocycles. The van der Waals surface area contributed by atoms with E-state index in [1.807, 2.05) is 6.07 Å². The minimum Gasteiger partial charge on any atom is -0.464 e. The standard InChI is InChI=1S/C16H14F3NO2/c1-9-5-4-6-10(2)14(9)11-7-12(15(21)22-3)20-13(8-11)16(17,18)19/h4-8H,1-3H3. The molecule has 2 rings (SSSR count). The van der Waals surface area contributed by atoms with Crippen LogP contribution in [0.3, 0.4) is 0 Å². The van der Waals surface area contributed by atoms with Gasteiger partial charge in [0.2, 0.25) is 0 Å². The Hall–Kier alpha value is -2.37. The summed E-state index contributed by atoms with van der Waals surface area (Å²) in [4.78, 5) is 15.0. The van der Waals surface area contributed by atoms with Crippen molar-refractivity contribution in [1.29, 1.82) is 0 Å². The lowest BCUT2D eigenvalue weighted by Gasteiger charge is -2.14. The highest BCUT2D eigenvalue weighted by molar-refractivity contribution is 5.89. The predicted molar refractivity (Wildman–Crippen MR) is 75.5 cm³/mol. The largest absolute Gasteiger partial charge is 0.464 e. The van der Waals surface area contributed by atoms with Gasteiger partial charge in [0.1, 0.15) is 11.4 Å². The molecule has 2 aromatic rings. The van der Waals surface area contributed by atoms with Gasteiger partial charge in [0.05, 0.1) is 7.11 Å². The van der Waals surface area contributed by atoms with Gasteiger partial charge in [-0.3, -0.25) is 0 Å². The van der Waals surface area contributed by atoms with E-state index in [2.05, 4.69) is 9.72 Å². The van der Waals surface area contributed by atoms with Gasteiger partial charge in [-0.05, 0) is 48.2 Å². The third-order valence-electron chi connectivity index (χ3n) is 3.28. The van der Waals surface area contributed by atoms with E-state index in [1.54, 1.807) is 26.0 Å². The number of nitrogens with zero attached hydrogens (tertiary/aromatic N) is 1. The first-order valence-corrected chi connectivity index (χ1v) is 6.48. The van der Waals surface area contributed by atoms with Gasteiger partial charge < -0.3 is 4.74 Å². The summed E-state index contributed by atoms with van der Waals surface area (Å²) < 4.78 is 43.5. The monoisotopic (exact) mass is 309 g/mol. The maximum atomic E-state index is 13.0. The Morgan fingerprint density at radius 3 is 2.23 bits per heavy atom. The molecule has 0 spiro atoms. The number of esters is 1. The summed E-state index contributed by atoms with van der Waals surface area (Å²) in [6, 6.07) is 7.68. The van der Waals surface area contributed by atoms with Gasteiger partial charge in [-0.15, -0.1) is 0 Å². The topological polar surface area (TPSA) is 39.2 Å². The Bertz CT molecular complexity index is 704. The fraction of sp³-hybridized carbons (Fsp3) is 0.250. The van der Waals surface area contributed by atoms with Crippen LogP contribution in [0.4, 0.5) is 13.2 Å². The van der Waals surface area contributed by atoms with E-state index in [1.165, 1.54) is 6.07 Å². The smallest absolute Gasteiger partial charge is 0.433 e. The molecule has 0 saturated carbocycles. The first-order chi connectivity index (χ1) is 10.2. The van der Waals surface area contributed by atoms with Gasteiger partial charge in [-0.2, -0.15) is 13.2 Å². The Labute approximate surface area is 125 Å². The molecule has 0 unspecified atom stereocenters. The molecule has 1 aromatic heterocycles. The summed E-state index contributed by atoms with van der Waals surface area (Å²) in [7, 11) is 1.10. The Balaban J connectivity index is 2.73. The van der Waals surface area contributed by atoms with Crippen LogP contribution >= 0.6 is 0 Å². The molecule has 0 amide bonds. The molecular weight excluding hydrogens is 295 g/mol. The molecule has 0 bridgehead atoms. The number of pyridine rings is 1. The van der Waals surface area contributed by atoms with Crippen LogP contribution < -0.4 is 0 Å². The number of rotatable bonds is 2. The van der Waals surface area contributed by atoms with Crippen molar-refractivity contribution in [1.82, 2.24) is 4.98 Å². The van der Waals surface area contributed by atoms with Crippen molar-refractivity contribution >= 4 is 5.97 Å². The maximum absolute atomic E-state index is 13.0. The minimum atomic E-state index is -4.64. The molecule has 0 aliphatic rings. The number of hydrogen-bond donors (Lipinski definition) is 0. The number of hydrogen-bond acceptors (Lipinski definition) is 3. The molecular formula is C16H14F3NO2. The SMILES string of the molecule is COC(=O)c1cc(-c2c(C)cccc2C)cc(C(F)(F)F)n1. The highest BCUT2D eigenvalue weighted by Gasteiger charge is 2.34. The van der Waals surface area contributed by atoms with Crippen molar-refractivity contribution in [3.8, 4) is 11.1 Å². The van der Waals surface area contributed by atoms with Crippen LogP contribution in [0.25, 0.3) is 11.1 Å². The van der Waals surface area contributed by atoms with Crippen molar-refractivity contribution in [2.75, 3.05) is 7.11 Å². The van der Waals surface area contributed by atoms with Crippen molar-refractivity contribution in [3.63, 3.8) is 0 Å². The molecule has 0 radical (unpaired) electrons. The molecule has 22 heavy (non-hydrogen) atoms. The molecule has 0 fully saturated rings. The van der Waals surface area contributed by atoms with E-state index in [9.17, 15) is 18.0 Å². The average molecular weight is 309 g/mol. The predicted octanol–water partition coefficient (Wildman–Crippen LogP) is 4.17. The Morgan fingerprint density at radius 1 is 1.14 bits per heavy atom. The zero-order valence-corrected chi connectivity index (χ0v) is 12.3. The van der Waals surface area contributed by atoms with E-state index in [0.29, 0.717) is 11.1 Å². The summed E-state index contributed by atoms with van der Waals surface area (Å²) in [5.74, 6) is -0.904. The molecule has 116 valence electrons. The number of aromatic nitrogens is 1. The second kappa shape index (κ2) is 5.79. The lowest BCUT2D eigenvalue weighted by atomic mass is 9.95. The van der Waals surface area contributed by atoms with E-state index in [-0.39, 0.29) is 5.69 Å². The highest BCUT2D eigenvalue weighted by Crippen LogP contribution is 2.34. The summed E-state index contributed by atoms with van der Waals surface area (Å²) in [6.45, 7) is 3.60. The van der Waals surface area contributed by atoms with Gasteiger partial charge in [-0.25, -0.2) is 9.78 Å². The first kappa shape index (κ1) is 16.0. The molecule has 0 atom stereocenters. The van der Waals surface area contributed by atoms with Gasteiger partial charge in [-0.1, -0.05) is 18.2 Å². The van der Waals surface area contributed by atoms with Gasteiger partial charge in [0.25, 0.3) is 0 Å². The molecule has 1 heterocycles. The Morgan fingerprint density at radius 2 is 1.73 bits per heavy atom. The molecule has 6 heteroatoms. The number of carbonyl (C=O) groups is 1. The number of ether oxygens (including phenoxy) is 1. The minimum absolute atomic E-state index is 0.290. The van der Waals surface area contributed by atoms with E-state index in [0.717, 1.165) is 24.3 Å². The Kier molecular flexibility index (Phi) is 4.21. The zero-order valence-electron chi connectivity index (χ0n) is 12.3. The fourth-order valence-electron chi connectivity index (χ4n) is 2.30.